The summed E-state index contributed by atoms with van der Waals surface area (Å²) in [7, 11) is 1.70. The van der Waals surface area contributed by atoms with Crippen molar-refractivity contribution in [1.82, 2.24) is 10.2 Å². The number of hydrogen-bond donors (Lipinski definition) is 2. The summed E-state index contributed by atoms with van der Waals surface area (Å²) in [6.45, 7) is 0.630. The standard InChI is InChI=1S/C15H16N2O4/c1-17-8-7-12(15(17)21)16-14(20)11-4-2-3-10(9-11)5-6-13(18)19/h2-6,9,12H,7-8H2,1H3,(H,16,20)(H,18,19)/b6-5+. The molecule has 0 saturated carbocycles. The van der Waals surface area contributed by atoms with Crippen molar-refractivity contribution in [3.8, 4) is 0 Å². The second-order valence-corrected chi connectivity index (χ2v) is 4.87. The predicted octanol–water partition coefficient (Wildman–Crippen LogP) is 0.745. The van der Waals surface area contributed by atoms with Crippen molar-refractivity contribution >= 4 is 23.9 Å². The zero-order valence-electron chi connectivity index (χ0n) is 11.6. The molecule has 2 N–H and O–H groups in total. The Labute approximate surface area is 122 Å². The van der Waals surface area contributed by atoms with Crippen LogP contribution in [0.1, 0.15) is 22.3 Å². The van der Waals surface area contributed by atoms with Crippen molar-refractivity contribution in [2.45, 2.75) is 12.5 Å². The van der Waals surface area contributed by atoms with E-state index >= 15 is 0 Å². The average Bonchev–Trinajstić information content (AvgIpc) is 2.77. The molecule has 2 rings (SSSR count). The fourth-order valence-electron chi connectivity index (χ4n) is 2.15. The Kier molecular flexibility index (Phi) is 4.37. The molecule has 0 bridgehead atoms. The second-order valence-electron chi connectivity index (χ2n) is 4.87. The molecule has 0 spiro atoms. The lowest BCUT2D eigenvalue weighted by Crippen LogP contribution is -2.40. The van der Waals surface area contributed by atoms with Gasteiger partial charge in [0.05, 0.1) is 0 Å². The van der Waals surface area contributed by atoms with Crippen LogP contribution in [0.2, 0.25) is 0 Å². The summed E-state index contributed by atoms with van der Waals surface area (Å²) in [5.74, 6) is -1.48. The van der Waals surface area contributed by atoms with Gasteiger partial charge in [0.25, 0.3) is 5.91 Å². The molecule has 1 unspecified atom stereocenters. The highest BCUT2D eigenvalue weighted by atomic mass is 16.4. The predicted molar refractivity (Wildman–Crippen MR) is 76.6 cm³/mol. The molecule has 1 aliphatic heterocycles. The van der Waals surface area contributed by atoms with Gasteiger partial charge in [-0.3, -0.25) is 9.59 Å². The molecule has 0 aliphatic carbocycles. The van der Waals surface area contributed by atoms with Crippen molar-refractivity contribution < 1.29 is 19.5 Å². The van der Waals surface area contributed by atoms with Gasteiger partial charge in [0.15, 0.2) is 0 Å². The molecule has 6 heteroatoms. The molecule has 110 valence electrons. The number of carboxylic acid groups (broad SMARTS) is 1. The normalized spacial score (nSPS) is 18.2. The lowest BCUT2D eigenvalue weighted by Gasteiger charge is -2.12. The minimum Gasteiger partial charge on any atom is -0.478 e. The number of aliphatic carboxylic acids is 1. The van der Waals surface area contributed by atoms with E-state index in [2.05, 4.69) is 5.32 Å². The first-order valence-corrected chi connectivity index (χ1v) is 6.54. The summed E-state index contributed by atoms with van der Waals surface area (Å²) < 4.78 is 0. The molecule has 1 aromatic carbocycles. The highest BCUT2D eigenvalue weighted by Gasteiger charge is 2.30. The molecule has 6 nitrogen and oxygen atoms in total. The first kappa shape index (κ1) is 14.8. The monoisotopic (exact) mass is 288 g/mol. The van der Waals surface area contributed by atoms with Crippen LogP contribution in [-0.4, -0.2) is 47.4 Å². The highest BCUT2D eigenvalue weighted by molar-refractivity contribution is 5.98. The molecule has 0 radical (unpaired) electrons. The number of hydrogen-bond acceptors (Lipinski definition) is 3. The Morgan fingerprint density at radius 2 is 2.19 bits per heavy atom. The number of carboxylic acids is 1. The van der Waals surface area contributed by atoms with E-state index in [9.17, 15) is 14.4 Å². The number of carbonyl (C=O) groups is 3. The Bertz CT molecular complexity index is 609. The van der Waals surface area contributed by atoms with Crippen LogP contribution in [0.4, 0.5) is 0 Å². The molecular weight excluding hydrogens is 272 g/mol. The van der Waals surface area contributed by atoms with Crippen molar-refractivity contribution in [3.05, 3.63) is 41.5 Å². The quantitative estimate of drug-likeness (QED) is 0.800. The molecule has 1 atom stereocenters. The first-order chi connectivity index (χ1) is 9.97. The van der Waals surface area contributed by atoms with Gasteiger partial charge in [-0.2, -0.15) is 0 Å². The van der Waals surface area contributed by atoms with Gasteiger partial charge in [0, 0.05) is 25.2 Å². The summed E-state index contributed by atoms with van der Waals surface area (Å²) in [5.41, 5.74) is 1.00. The van der Waals surface area contributed by atoms with Gasteiger partial charge in [-0.25, -0.2) is 4.79 Å². The summed E-state index contributed by atoms with van der Waals surface area (Å²) in [6, 6.07) is 6.08. The van der Waals surface area contributed by atoms with Gasteiger partial charge >= 0.3 is 5.97 Å². The third kappa shape index (κ3) is 3.68. The Morgan fingerprint density at radius 1 is 1.43 bits per heavy atom. The van der Waals surface area contributed by atoms with E-state index in [1.165, 1.54) is 6.08 Å². The first-order valence-electron chi connectivity index (χ1n) is 6.54. The van der Waals surface area contributed by atoms with E-state index in [-0.39, 0.29) is 11.8 Å². The maximum absolute atomic E-state index is 12.1. The van der Waals surface area contributed by atoms with Crippen LogP contribution >= 0.6 is 0 Å². The molecule has 21 heavy (non-hydrogen) atoms. The number of rotatable bonds is 4. The molecule has 1 aliphatic rings. The number of carbonyl (C=O) groups excluding carboxylic acids is 2. The van der Waals surface area contributed by atoms with Gasteiger partial charge < -0.3 is 15.3 Å². The van der Waals surface area contributed by atoms with Crippen LogP contribution in [0.15, 0.2) is 30.3 Å². The van der Waals surface area contributed by atoms with Crippen LogP contribution in [0.25, 0.3) is 6.08 Å². The summed E-state index contributed by atoms with van der Waals surface area (Å²) >= 11 is 0. The van der Waals surface area contributed by atoms with Gasteiger partial charge in [0.1, 0.15) is 6.04 Å². The number of likely N-dealkylation sites (tertiary alicyclic amines) is 1. The molecule has 1 saturated heterocycles. The fourth-order valence-corrected chi connectivity index (χ4v) is 2.15. The van der Waals surface area contributed by atoms with Crippen LogP contribution in [0, 0.1) is 0 Å². The van der Waals surface area contributed by atoms with Crippen molar-refractivity contribution in [1.29, 1.82) is 0 Å². The maximum Gasteiger partial charge on any atom is 0.328 e. The Hall–Kier alpha value is -2.63. The minimum atomic E-state index is -1.05. The highest BCUT2D eigenvalue weighted by Crippen LogP contribution is 2.11. The van der Waals surface area contributed by atoms with Crippen LogP contribution < -0.4 is 5.32 Å². The van der Waals surface area contributed by atoms with Crippen molar-refractivity contribution in [2.24, 2.45) is 0 Å². The Balaban J connectivity index is 2.07. The molecule has 1 fully saturated rings. The molecule has 1 aromatic rings. The molecule has 1 heterocycles. The lowest BCUT2D eigenvalue weighted by molar-refractivity contribution is -0.131. The summed E-state index contributed by atoms with van der Waals surface area (Å²) in [4.78, 5) is 35.9. The third-order valence-corrected chi connectivity index (χ3v) is 3.30. The summed E-state index contributed by atoms with van der Waals surface area (Å²) in [5, 5.41) is 11.3. The Morgan fingerprint density at radius 3 is 2.81 bits per heavy atom. The third-order valence-electron chi connectivity index (χ3n) is 3.30. The molecular formula is C15H16N2O4. The van der Waals surface area contributed by atoms with Crippen LogP contribution in [0.3, 0.4) is 0 Å². The van der Waals surface area contributed by atoms with Crippen LogP contribution in [-0.2, 0) is 9.59 Å². The zero-order valence-corrected chi connectivity index (χ0v) is 11.6. The van der Waals surface area contributed by atoms with E-state index in [1.54, 1.807) is 36.2 Å². The molecule has 2 amide bonds. The molecule has 0 aromatic heterocycles. The largest absolute Gasteiger partial charge is 0.478 e. The number of amides is 2. The van der Waals surface area contributed by atoms with Gasteiger partial charge in [-0.05, 0) is 30.2 Å². The SMILES string of the molecule is CN1CCC(NC(=O)c2cccc(/C=C/C(=O)O)c2)C1=O. The number of benzene rings is 1. The number of nitrogens with one attached hydrogen (secondary N) is 1. The van der Waals surface area contributed by atoms with Gasteiger partial charge in [0.2, 0.25) is 5.91 Å². The number of nitrogens with zero attached hydrogens (tertiary/aromatic N) is 1. The maximum atomic E-state index is 12.1. The van der Waals surface area contributed by atoms with Crippen molar-refractivity contribution in [3.63, 3.8) is 0 Å². The van der Waals surface area contributed by atoms with E-state index in [1.807, 2.05) is 0 Å². The van der Waals surface area contributed by atoms with E-state index in [0.717, 1.165) is 6.08 Å². The number of likely N-dealkylation sites (N-methyl/N-ethyl adjacent to an activating group) is 1. The smallest absolute Gasteiger partial charge is 0.328 e. The topological polar surface area (TPSA) is 86.7 Å². The zero-order chi connectivity index (χ0) is 15.4. The van der Waals surface area contributed by atoms with E-state index in [0.29, 0.717) is 24.1 Å². The van der Waals surface area contributed by atoms with E-state index in [4.69, 9.17) is 5.11 Å². The second kappa shape index (κ2) is 6.21. The average molecular weight is 288 g/mol. The lowest BCUT2D eigenvalue weighted by atomic mass is 10.1. The van der Waals surface area contributed by atoms with E-state index < -0.39 is 12.0 Å². The summed E-state index contributed by atoms with van der Waals surface area (Å²) in [6.07, 6.45) is 3.01. The van der Waals surface area contributed by atoms with Crippen molar-refractivity contribution in [2.75, 3.05) is 13.6 Å². The van der Waals surface area contributed by atoms with Crippen LogP contribution in [0.5, 0.6) is 0 Å². The van der Waals surface area contributed by atoms with Gasteiger partial charge in [-0.15, -0.1) is 0 Å². The van der Waals surface area contributed by atoms with Gasteiger partial charge in [-0.1, -0.05) is 12.1 Å². The fraction of sp³-hybridized carbons (Fsp3) is 0.267. The minimum absolute atomic E-state index is 0.0923.